The van der Waals surface area contributed by atoms with Crippen LogP contribution in [0.15, 0.2) is 18.2 Å². The van der Waals surface area contributed by atoms with Gasteiger partial charge in [-0.15, -0.1) is 11.3 Å². The summed E-state index contributed by atoms with van der Waals surface area (Å²) in [6.45, 7) is 0. The van der Waals surface area contributed by atoms with Gasteiger partial charge in [-0.05, 0) is 49.8 Å². The SMILES string of the molecule is Fc1ccc(C(NC2CC2)c2nc3c(s2)CCC3)c(Cl)c1. The number of hydrogen-bond acceptors (Lipinski definition) is 3. The van der Waals surface area contributed by atoms with E-state index in [9.17, 15) is 4.39 Å². The van der Waals surface area contributed by atoms with E-state index in [1.54, 1.807) is 17.4 Å². The Morgan fingerprint density at radius 1 is 1.33 bits per heavy atom. The van der Waals surface area contributed by atoms with Gasteiger partial charge in [0.2, 0.25) is 0 Å². The zero-order valence-corrected chi connectivity index (χ0v) is 13.1. The highest BCUT2D eigenvalue weighted by atomic mass is 35.5. The normalized spacial score (nSPS) is 18.8. The summed E-state index contributed by atoms with van der Waals surface area (Å²) in [5, 5.41) is 5.16. The summed E-state index contributed by atoms with van der Waals surface area (Å²) >= 11 is 8.05. The molecule has 0 bridgehead atoms. The number of nitrogens with zero attached hydrogens (tertiary/aromatic N) is 1. The van der Waals surface area contributed by atoms with Gasteiger partial charge < -0.3 is 5.32 Å². The maximum atomic E-state index is 13.3. The molecule has 0 saturated heterocycles. The largest absolute Gasteiger partial charge is 0.301 e. The molecule has 2 nitrogen and oxygen atoms in total. The molecule has 0 aliphatic heterocycles. The van der Waals surface area contributed by atoms with Gasteiger partial charge in [0.05, 0.1) is 11.7 Å². The van der Waals surface area contributed by atoms with Crippen molar-refractivity contribution < 1.29 is 4.39 Å². The summed E-state index contributed by atoms with van der Waals surface area (Å²) in [5.74, 6) is -0.296. The molecule has 1 saturated carbocycles. The third-order valence-electron chi connectivity index (χ3n) is 4.11. The number of halogens is 2. The summed E-state index contributed by atoms with van der Waals surface area (Å²) in [7, 11) is 0. The molecular weight excluding hydrogens is 307 g/mol. The number of fused-ring (bicyclic) bond motifs is 1. The minimum atomic E-state index is -0.296. The zero-order chi connectivity index (χ0) is 14.4. The van der Waals surface area contributed by atoms with Crippen molar-refractivity contribution in [3.63, 3.8) is 0 Å². The minimum absolute atomic E-state index is 0.0128. The highest BCUT2D eigenvalue weighted by molar-refractivity contribution is 7.11. The molecule has 5 heteroatoms. The number of benzene rings is 1. The number of thiazole rings is 1. The van der Waals surface area contributed by atoms with Gasteiger partial charge in [0.15, 0.2) is 0 Å². The molecule has 2 aliphatic rings. The third kappa shape index (κ3) is 2.72. The molecule has 0 amide bonds. The molecule has 1 atom stereocenters. The first-order valence-corrected chi connectivity index (χ1v) is 8.59. The van der Waals surface area contributed by atoms with Gasteiger partial charge in [-0.3, -0.25) is 0 Å². The van der Waals surface area contributed by atoms with E-state index in [4.69, 9.17) is 16.6 Å². The Kier molecular flexibility index (Phi) is 3.48. The first-order chi connectivity index (χ1) is 10.2. The van der Waals surface area contributed by atoms with Crippen LogP contribution in [0.1, 0.15) is 46.4 Å². The minimum Gasteiger partial charge on any atom is -0.301 e. The van der Waals surface area contributed by atoms with E-state index in [2.05, 4.69) is 5.32 Å². The van der Waals surface area contributed by atoms with Gasteiger partial charge in [-0.1, -0.05) is 17.7 Å². The molecule has 2 aliphatic carbocycles. The summed E-state index contributed by atoms with van der Waals surface area (Å²) < 4.78 is 13.3. The van der Waals surface area contributed by atoms with Crippen LogP contribution in [0.4, 0.5) is 4.39 Å². The summed E-state index contributed by atoms with van der Waals surface area (Å²) in [6, 6.07) is 5.17. The molecule has 1 fully saturated rings. The Morgan fingerprint density at radius 2 is 2.19 bits per heavy atom. The van der Waals surface area contributed by atoms with Crippen molar-refractivity contribution in [1.82, 2.24) is 10.3 Å². The van der Waals surface area contributed by atoms with E-state index in [0.717, 1.165) is 23.4 Å². The Morgan fingerprint density at radius 3 is 2.90 bits per heavy atom. The Balaban J connectivity index is 1.72. The summed E-state index contributed by atoms with van der Waals surface area (Å²) in [4.78, 5) is 6.22. The van der Waals surface area contributed by atoms with Crippen LogP contribution in [0, 0.1) is 5.82 Å². The molecule has 110 valence electrons. The topological polar surface area (TPSA) is 24.9 Å². The van der Waals surface area contributed by atoms with E-state index in [-0.39, 0.29) is 11.9 Å². The predicted octanol–water partition coefficient (Wildman–Crippen LogP) is 4.27. The van der Waals surface area contributed by atoms with Crippen molar-refractivity contribution in [1.29, 1.82) is 0 Å². The van der Waals surface area contributed by atoms with E-state index >= 15 is 0 Å². The second-order valence-corrected chi connectivity index (χ2v) is 7.34. The maximum absolute atomic E-state index is 13.3. The average molecular weight is 323 g/mol. The van der Waals surface area contributed by atoms with Gasteiger partial charge in [-0.25, -0.2) is 9.37 Å². The number of aryl methyl sites for hydroxylation is 2. The van der Waals surface area contributed by atoms with Crippen LogP contribution in [0.2, 0.25) is 5.02 Å². The van der Waals surface area contributed by atoms with Gasteiger partial charge in [0.1, 0.15) is 10.8 Å². The molecule has 1 aromatic heterocycles. The van der Waals surface area contributed by atoms with E-state index in [1.165, 1.54) is 42.0 Å². The molecule has 1 N–H and O–H groups in total. The van der Waals surface area contributed by atoms with Crippen LogP contribution in [-0.2, 0) is 12.8 Å². The maximum Gasteiger partial charge on any atom is 0.124 e. The van der Waals surface area contributed by atoms with Gasteiger partial charge in [0, 0.05) is 15.9 Å². The molecule has 1 heterocycles. The van der Waals surface area contributed by atoms with Crippen LogP contribution in [-0.4, -0.2) is 11.0 Å². The highest BCUT2D eigenvalue weighted by Gasteiger charge is 2.30. The fourth-order valence-electron chi connectivity index (χ4n) is 2.85. The molecule has 2 aromatic rings. The van der Waals surface area contributed by atoms with Crippen LogP contribution in [0.5, 0.6) is 0 Å². The van der Waals surface area contributed by atoms with Crippen molar-refractivity contribution >= 4 is 22.9 Å². The second-order valence-electron chi connectivity index (χ2n) is 5.82. The summed E-state index contributed by atoms with van der Waals surface area (Å²) in [6.07, 6.45) is 5.83. The molecule has 0 radical (unpaired) electrons. The van der Waals surface area contributed by atoms with Gasteiger partial charge in [0.25, 0.3) is 0 Å². The lowest BCUT2D eigenvalue weighted by molar-refractivity contribution is 0.591. The van der Waals surface area contributed by atoms with Crippen molar-refractivity contribution in [2.75, 3.05) is 0 Å². The molecule has 1 unspecified atom stereocenters. The van der Waals surface area contributed by atoms with Gasteiger partial charge >= 0.3 is 0 Å². The van der Waals surface area contributed by atoms with Crippen LogP contribution in [0.25, 0.3) is 0 Å². The van der Waals surface area contributed by atoms with Crippen molar-refractivity contribution in [2.24, 2.45) is 0 Å². The second kappa shape index (κ2) is 5.34. The number of aromatic nitrogens is 1. The Labute approximate surface area is 132 Å². The molecular formula is C16H16ClFN2S. The molecule has 1 aromatic carbocycles. The predicted molar refractivity (Wildman–Crippen MR) is 83.5 cm³/mol. The lowest BCUT2D eigenvalue weighted by atomic mass is 10.1. The average Bonchev–Trinajstić information content (AvgIpc) is 3.00. The van der Waals surface area contributed by atoms with E-state index in [0.29, 0.717) is 11.1 Å². The first kappa shape index (κ1) is 13.7. The molecule has 0 spiro atoms. The summed E-state index contributed by atoms with van der Waals surface area (Å²) in [5.41, 5.74) is 2.17. The number of rotatable bonds is 4. The lowest BCUT2D eigenvalue weighted by Crippen LogP contribution is -2.24. The number of nitrogens with one attached hydrogen (secondary N) is 1. The quantitative estimate of drug-likeness (QED) is 0.909. The Hall–Kier alpha value is -0.970. The van der Waals surface area contributed by atoms with Crippen LogP contribution >= 0.6 is 22.9 Å². The first-order valence-electron chi connectivity index (χ1n) is 7.40. The molecule has 4 rings (SSSR count). The third-order valence-corrected chi connectivity index (χ3v) is 5.66. The van der Waals surface area contributed by atoms with Gasteiger partial charge in [-0.2, -0.15) is 0 Å². The number of hydrogen-bond donors (Lipinski definition) is 1. The van der Waals surface area contributed by atoms with E-state index in [1.807, 2.05) is 0 Å². The fourth-order valence-corrected chi connectivity index (χ4v) is 4.36. The van der Waals surface area contributed by atoms with Crippen LogP contribution < -0.4 is 5.32 Å². The fraction of sp³-hybridized carbons (Fsp3) is 0.438. The standard InChI is InChI=1S/C16H16ClFN2S/c17-12-8-9(18)4-7-11(12)15(19-10-5-6-10)16-20-13-2-1-3-14(13)21-16/h4,7-8,10,15,19H,1-3,5-6H2. The lowest BCUT2D eigenvalue weighted by Gasteiger charge is -2.18. The van der Waals surface area contributed by atoms with Crippen molar-refractivity contribution in [3.05, 3.63) is 50.2 Å². The smallest absolute Gasteiger partial charge is 0.124 e. The van der Waals surface area contributed by atoms with Crippen LogP contribution in [0.3, 0.4) is 0 Å². The van der Waals surface area contributed by atoms with E-state index < -0.39 is 0 Å². The van der Waals surface area contributed by atoms with Crippen molar-refractivity contribution in [2.45, 2.75) is 44.2 Å². The van der Waals surface area contributed by atoms with Crippen molar-refractivity contribution in [3.8, 4) is 0 Å². The highest BCUT2D eigenvalue weighted by Crippen LogP contribution is 2.37. The zero-order valence-electron chi connectivity index (χ0n) is 11.5. The molecule has 21 heavy (non-hydrogen) atoms. The monoisotopic (exact) mass is 322 g/mol. The Bertz CT molecular complexity index is 659.